The van der Waals surface area contributed by atoms with Gasteiger partial charge >= 0.3 is 0 Å². The van der Waals surface area contributed by atoms with E-state index >= 15 is 0 Å². The lowest BCUT2D eigenvalue weighted by Gasteiger charge is -2.41. The molecule has 126 valence electrons. The molecule has 1 amide bonds. The van der Waals surface area contributed by atoms with Crippen LogP contribution >= 0.6 is 0 Å². The molecule has 0 bridgehead atoms. The fourth-order valence-corrected chi connectivity index (χ4v) is 4.44. The van der Waals surface area contributed by atoms with Crippen molar-refractivity contribution < 1.29 is 14.3 Å². The Morgan fingerprint density at radius 1 is 1.18 bits per heavy atom. The molecule has 22 heavy (non-hydrogen) atoms. The van der Waals surface area contributed by atoms with Crippen molar-refractivity contribution >= 4 is 5.91 Å². The van der Waals surface area contributed by atoms with Crippen molar-refractivity contribution in [2.24, 2.45) is 5.92 Å². The second-order valence-electron chi connectivity index (χ2n) is 7.56. The molecule has 2 aliphatic heterocycles. The molecule has 1 saturated carbocycles. The van der Waals surface area contributed by atoms with Crippen LogP contribution in [0.2, 0.25) is 0 Å². The van der Waals surface area contributed by atoms with Gasteiger partial charge in [0.25, 0.3) is 0 Å². The number of hydrogen-bond donors (Lipinski definition) is 1. The van der Waals surface area contributed by atoms with Crippen LogP contribution < -0.4 is 0 Å². The smallest absolute Gasteiger partial charge is 0.223 e. The summed E-state index contributed by atoms with van der Waals surface area (Å²) in [5.74, 6) is 0.0421. The van der Waals surface area contributed by atoms with Gasteiger partial charge in [-0.2, -0.15) is 0 Å². The summed E-state index contributed by atoms with van der Waals surface area (Å²) in [6, 6.07) is 0.279. The van der Waals surface area contributed by atoms with Crippen LogP contribution in [-0.2, 0) is 4.79 Å². The standard InChI is InChI=1S/C17H29FN2O2/c18-11-14-10-16(21)20(12-14)15-4-8-19(9-5-15)13-17(22)6-2-1-3-7-17/h14-15,22H,1-13H2. The summed E-state index contributed by atoms with van der Waals surface area (Å²) < 4.78 is 12.8. The van der Waals surface area contributed by atoms with E-state index in [9.17, 15) is 14.3 Å². The predicted octanol–water partition coefficient (Wildman–Crippen LogP) is 1.96. The third-order valence-electron chi connectivity index (χ3n) is 5.76. The Bertz CT molecular complexity index is 390. The zero-order valence-electron chi connectivity index (χ0n) is 13.5. The van der Waals surface area contributed by atoms with Crippen LogP contribution in [0.3, 0.4) is 0 Å². The molecule has 4 nitrogen and oxygen atoms in total. The van der Waals surface area contributed by atoms with E-state index < -0.39 is 5.60 Å². The van der Waals surface area contributed by atoms with Gasteiger partial charge in [-0.15, -0.1) is 0 Å². The molecule has 3 fully saturated rings. The van der Waals surface area contributed by atoms with Crippen LogP contribution in [0.1, 0.15) is 51.4 Å². The van der Waals surface area contributed by atoms with Gasteiger partial charge < -0.3 is 14.9 Å². The van der Waals surface area contributed by atoms with Crippen molar-refractivity contribution in [2.45, 2.75) is 63.0 Å². The molecular weight excluding hydrogens is 283 g/mol. The molecule has 1 atom stereocenters. The average molecular weight is 312 g/mol. The number of hydrogen-bond acceptors (Lipinski definition) is 3. The number of carbonyl (C=O) groups is 1. The van der Waals surface area contributed by atoms with E-state index in [0.717, 1.165) is 58.2 Å². The minimum atomic E-state index is -0.492. The summed E-state index contributed by atoms with van der Waals surface area (Å²) in [4.78, 5) is 16.3. The summed E-state index contributed by atoms with van der Waals surface area (Å²) in [6.07, 6.45) is 7.68. The molecular formula is C17H29FN2O2. The van der Waals surface area contributed by atoms with E-state index in [4.69, 9.17) is 0 Å². The van der Waals surface area contributed by atoms with Crippen LogP contribution in [-0.4, -0.2) is 65.3 Å². The van der Waals surface area contributed by atoms with Crippen molar-refractivity contribution in [1.82, 2.24) is 9.80 Å². The maximum Gasteiger partial charge on any atom is 0.223 e. The molecule has 1 N–H and O–H groups in total. The van der Waals surface area contributed by atoms with Crippen LogP contribution in [0, 0.1) is 5.92 Å². The first kappa shape index (κ1) is 16.2. The summed E-state index contributed by atoms with van der Waals surface area (Å²) in [7, 11) is 0. The molecule has 1 aliphatic carbocycles. The van der Waals surface area contributed by atoms with Gasteiger partial charge in [0.2, 0.25) is 5.91 Å². The lowest BCUT2D eigenvalue weighted by molar-refractivity contribution is -0.130. The Morgan fingerprint density at radius 2 is 1.86 bits per heavy atom. The Morgan fingerprint density at radius 3 is 2.45 bits per heavy atom. The fraction of sp³-hybridized carbons (Fsp3) is 0.941. The summed E-state index contributed by atoms with van der Waals surface area (Å²) in [5, 5.41) is 10.7. The SMILES string of the molecule is O=C1CC(CF)CN1C1CCN(CC2(O)CCCCC2)CC1. The first-order chi connectivity index (χ1) is 10.6. The van der Waals surface area contributed by atoms with Crippen molar-refractivity contribution in [3.05, 3.63) is 0 Å². The van der Waals surface area contributed by atoms with E-state index in [2.05, 4.69) is 4.90 Å². The Labute approximate surface area is 132 Å². The highest BCUT2D eigenvalue weighted by Crippen LogP contribution is 2.31. The van der Waals surface area contributed by atoms with Crippen molar-refractivity contribution in [2.75, 3.05) is 32.9 Å². The first-order valence-electron chi connectivity index (χ1n) is 8.90. The van der Waals surface area contributed by atoms with Crippen LogP contribution in [0.15, 0.2) is 0 Å². The lowest BCUT2D eigenvalue weighted by atomic mass is 9.84. The van der Waals surface area contributed by atoms with E-state index in [1.165, 1.54) is 6.42 Å². The zero-order valence-corrected chi connectivity index (χ0v) is 13.5. The van der Waals surface area contributed by atoms with Gasteiger partial charge in [-0.3, -0.25) is 9.18 Å². The number of likely N-dealkylation sites (tertiary alicyclic amines) is 2. The lowest BCUT2D eigenvalue weighted by Crippen LogP contribution is -2.50. The highest BCUT2D eigenvalue weighted by molar-refractivity contribution is 5.79. The van der Waals surface area contributed by atoms with E-state index in [1.807, 2.05) is 4.90 Å². The number of piperidine rings is 1. The van der Waals surface area contributed by atoms with Gasteiger partial charge in [-0.25, -0.2) is 0 Å². The van der Waals surface area contributed by atoms with Crippen molar-refractivity contribution in [3.63, 3.8) is 0 Å². The average Bonchev–Trinajstić information content (AvgIpc) is 2.89. The Kier molecular flexibility index (Phi) is 5.03. The summed E-state index contributed by atoms with van der Waals surface area (Å²) in [5.41, 5.74) is -0.492. The Hall–Kier alpha value is -0.680. The molecule has 5 heteroatoms. The minimum Gasteiger partial charge on any atom is -0.389 e. The topological polar surface area (TPSA) is 43.8 Å². The number of rotatable bonds is 4. The second kappa shape index (κ2) is 6.83. The molecule has 2 heterocycles. The number of β-amino-alcohol motifs (C(OH)–C–C–N with tert-alkyl or cyclic N) is 1. The van der Waals surface area contributed by atoms with Crippen LogP contribution in [0.25, 0.3) is 0 Å². The number of nitrogens with zero attached hydrogens (tertiary/aromatic N) is 2. The molecule has 0 aromatic heterocycles. The maximum absolute atomic E-state index is 12.8. The van der Waals surface area contributed by atoms with Gasteiger partial charge in [0.05, 0.1) is 12.3 Å². The van der Waals surface area contributed by atoms with Gasteiger partial charge in [-0.1, -0.05) is 19.3 Å². The number of halogens is 1. The third kappa shape index (κ3) is 3.62. The van der Waals surface area contributed by atoms with Crippen LogP contribution in [0.4, 0.5) is 4.39 Å². The quantitative estimate of drug-likeness (QED) is 0.863. The van der Waals surface area contributed by atoms with Gasteiger partial charge in [0.1, 0.15) is 0 Å². The number of carbonyl (C=O) groups excluding carboxylic acids is 1. The first-order valence-corrected chi connectivity index (χ1v) is 8.90. The monoisotopic (exact) mass is 312 g/mol. The van der Waals surface area contributed by atoms with Gasteiger partial charge in [0, 0.05) is 44.6 Å². The van der Waals surface area contributed by atoms with Gasteiger partial charge in [0.15, 0.2) is 0 Å². The van der Waals surface area contributed by atoms with Gasteiger partial charge in [-0.05, 0) is 25.7 Å². The molecule has 3 rings (SSSR count). The third-order valence-corrected chi connectivity index (χ3v) is 5.76. The van der Waals surface area contributed by atoms with Crippen molar-refractivity contribution in [3.8, 4) is 0 Å². The Balaban J connectivity index is 1.47. The van der Waals surface area contributed by atoms with E-state index in [1.54, 1.807) is 0 Å². The normalized spacial score (nSPS) is 30.9. The molecule has 0 aromatic rings. The van der Waals surface area contributed by atoms with Crippen LogP contribution in [0.5, 0.6) is 0 Å². The number of aliphatic hydroxyl groups is 1. The number of amides is 1. The second-order valence-corrected chi connectivity index (χ2v) is 7.56. The zero-order chi connectivity index (χ0) is 15.6. The maximum atomic E-state index is 12.8. The van der Waals surface area contributed by atoms with E-state index in [0.29, 0.717) is 13.0 Å². The highest BCUT2D eigenvalue weighted by Gasteiger charge is 2.37. The largest absolute Gasteiger partial charge is 0.389 e. The molecule has 3 aliphatic rings. The molecule has 0 aromatic carbocycles. The summed E-state index contributed by atoms with van der Waals surface area (Å²) in [6.45, 7) is 2.88. The molecule has 1 unspecified atom stereocenters. The number of alkyl halides is 1. The molecule has 2 saturated heterocycles. The molecule has 0 spiro atoms. The highest BCUT2D eigenvalue weighted by atomic mass is 19.1. The minimum absolute atomic E-state index is 0.0894. The summed E-state index contributed by atoms with van der Waals surface area (Å²) >= 11 is 0. The fourth-order valence-electron chi connectivity index (χ4n) is 4.44. The van der Waals surface area contributed by atoms with Crippen molar-refractivity contribution in [1.29, 1.82) is 0 Å². The molecule has 0 radical (unpaired) electrons. The predicted molar refractivity (Wildman–Crippen MR) is 83.3 cm³/mol. The van der Waals surface area contributed by atoms with E-state index in [-0.39, 0.29) is 24.5 Å².